The van der Waals surface area contributed by atoms with E-state index in [4.69, 9.17) is 5.73 Å². The number of carbonyl (C=O) groups is 2. The van der Waals surface area contributed by atoms with E-state index in [2.05, 4.69) is 11.3 Å². The number of rotatable bonds is 5. The minimum atomic E-state index is -0.472. The molecule has 4 nitrogen and oxygen atoms in total. The highest BCUT2D eigenvalue weighted by atomic mass is 16.5. The van der Waals surface area contributed by atoms with Gasteiger partial charge in [-0.05, 0) is 6.92 Å². The summed E-state index contributed by atoms with van der Waals surface area (Å²) in [6, 6.07) is 0. The number of hydrogen-bond acceptors (Lipinski definition) is 4. The van der Waals surface area contributed by atoms with Gasteiger partial charge in [0.25, 0.3) is 0 Å². The monoisotopic (exact) mass is 171 g/mol. The maximum atomic E-state index is 10.7. The van der Waals surface area contributed by atoms with Gasteiger partial charge in [0.2, 0.25) is 0 Å². The van der Waals surface area contributed by atoms with Crippen molar-refractivity contribution in [2.75, 3.05) is 13.2 Å². The summed E-state index contributed by atoms with van der Waals surface area (Å²) >= 11 is 0. The van der Waals surface area contributed by atoms with E-state index in [0.29, 0.717) is 5.57 Å². The Labute approximate surface area is 71.4 Å². The van der Waals surface area contributed by atoms with Gasteiger partial charge in [-0.3, -0.25) is 4.79 Å². The van der Waals surface area contributed by atoms with E-state index < -0.39 is 5.97 Å². The summed E-state index contributed by atoms with van der Waals surface area (Å²) in [4.78, 5) is 21.4. The molecule has 4 heteroatoms. The molecule has 0 rings (SSSR count). The second-order valence-electron chi connectivity index (χ2n) is 2.41. The highest BCUT2D eigenvalue weighted by Crippen LogP contribution is 1.93. The van der Waals surface area contributed by atoms with Crippen molar-refractivity contribution in [3.63, 3.8) is 0 Å². The summed E-state index contributed by atoms with van der Waals surface area (Å²) in [6.45, 7) is 5.01. The third-order valence-corrected chi connectivity index (χ3v) is 1.19. The quantitative estimate of drug-likeness (QED) is 0.467. The van der Waals surface area contributed by atoms with Gasteiger partial charge in [-0.25, -0.2) is 4.79 Å². The molecule has 0 bridgehead atoms. The number of carbonyl (C=O) groups excluding carboxylic acids is 2. The normalized spacial score (nSPS) is 9.17. The van der Waals surface area contributed by atoms with Crippen molar-refractivity contribution in [2.24, 2.45) is 5.73 Å². The van der Waals surface area contributed by atoms with E-state index in [1.54, 1.807) is 6.92 Å². The number of ketones is 1. The molecule has 0 aliphatic heterocycles. The van der Waals surface area contributed by atoms with Crippen LogP contribution in [0.15, 0.2) is 12.2 Å². The van der Waals surface area contributed by atoms with E-state index in [0.717, 1.165) is 0 Å². The highest BCUT2D eigenvalue weighted by Gasteiger charge is 2.04. The van der Waals surface area contributed by atoms with Crippen molar-refractivity contribution >= 4 is 11.8 Å². The molecule has 0 spiro atoms. The van der Waals surface area contributed by atoms with Gasteiger partial charge in [0, 0.05) is 12.0 Å². The molecule has 0 aromatic heterocycles. The van der Waals surface area contributed by atoms with Gasteiger partial charge in [-0.15, -0.1) is 0 Å². The van der Waals surface area contributed by atoms with Crippen LogP contribution in [0, 0.1) is 0 Å². The molecule has 0 heterocycles. The Morgan fingerprint density at radius 2 is 2.08 bits per heavy atom. The van der Waals surface area contributed by atoms with E-state index in [1.807, 2.05) is 0 Å². The Balaban J connectivity index is 3.50. The van der Waals surface area contributed by atoms with E-state index in [1.165, 1.54) is 0 Å². The van der Waals surface area contributed by atoms with Crippen molar-refractivity contribution in [2.45, 2.75) is 13.3 Å². The largest absolute Gasteiger partial charge is 0.462 e. The fraction of sp³-hybridized carbons (Fsp3) is 0.500. The molecule has 0 aliphatic carbocycles. The first-order valence-corrected chi connectivity index (χ1v) is 3.62. The Morgan fingerprint density at radius 3 is 2.50 bits per heavy atom. The first-order valence-electron chi connectivity index (χ1n) is 3.62. The number of Topliss-reactive ketones (excluding diaryl/α,β-unsaturated/α-hetero) is 1. The standard InChI is InChI=1S/C8H13NO3/c1-6(2)8(11)12-4-3-7(10)5-9/h1,3-5,9H2,2H3. The Kier molecular flexibility index (Phi) is 4.96. The average Bonchev–Trinajstić information content (AvgIpc) is 2.03. The molecule has 0 amide bonds. The zero-order valence-corrected chi connectivity index (χ0v) is 7.13. The predicted octanol–water partition coefficient (Wildman–Crippen LogP) is 0.0236. The van der Waals surface area contributed by atoms with Crippen molar-refractivity contribution < 1.29 is 14.3 Å². The van der Waals surface area contributed by atoms with Gasteiger partial charge < -0.3 is 10.5 Å². The summed E-state index contributed by atoms with van der Waals surface area (Å²) < 4.78 is 4.66. The van der Waals surface area contributed by atoms with Gasteiger partial charge in [-0.1, -0.05) is 6.58 Å². The fourth-order valence-electron chi connectivity index (χ4n) is 0.483. The second kappa shape index (κ2) is 5.49. The predicted molar refractivity (Wildman–Crippen MR) is 44.5 cm³/mol. The summed E-state index contributed by atoms with van der Waals surface area (Å²) in [5.41, 5.74) is 5.37. The number of nitrogens with two attached hydrogens (primary N) is 1. The van der Waals surface area contributed by atoms with Crippen LogP contribution in [0.2, 0.25) is 0 Å². The van der Waals surface area contributed by atoms with Crippen LogP contribution in [0.5, 0.6) is 0 Å². The van der Waals surface area contributed by atoms with Crippen LogP contribution in [0.4, 0.5) is 0 Å². The minimum Gasteiger partial charge on any atom is -0.462 e. The molecule has 0 radical (unpaired) electrons. The van der Waals surface area contributed by atoms with Crippen LogP contribution >= 0.6 is 0 Å². The maximum Gasteiger partial charge on any atom is 0.333 e. The molecule has 0 atom stereocenters. The summed E-state index contributed by atoms with van der Waals surface area (Å²) in [6.07, 6.45) is 0.176. The van der Waals surface area contributed by atoms with Crippen LogP contribution in [-0.2, 0) is 14.3 Å². The molecule has 0 saturated heterocycles. The third-order valence-electron chi connectivity index (χ3n) is 1.19. The van der Waals surface area contributed by atoms with Crippen LogP contribution in [-0.4, -0.2) is 24.9 Å². The Bertz CT molecular complexity index is 198. The topological polar surface area (TPSA) is 69.4 Å². The Morgan fingerprint density at radius 1 is 1.50 bits per heavy atom. The first-order chi connectivity index (χ1) is 5.57. The lowest BCUT2D eigenvalue weighted by Gasteiger charge is -2.01. The molecule has 68 valence electrons. The molecule has 0 aromatic carbocycles. The smallest absolute Gasteiger partial charge is 0.333 e. The molecular weight excluding hydrogens is 158 g/mol. The van der Waals surface area contributed by atoms with Crippen molar-refractivity contribution in [1.82, 2.24) is 0 Å². The van der Waals surface area contributed by atoms with Gasteiger partial charge in [0.05, 0.1) is 13.2 Å². The van der Waals surface area contributed by atoms with Gasteiger partial charge >= 0.3 is 5.97 Å². The van der Waals surface area contributed by atoms with Gasteiger partial charge in [0.1, 0.15) is 5.78 Å². The van der Waals surface area contributed by atoms with Gasteiger partial charge in [0.15, 0.2) is 0 Å². The van der Waals surface area contributed by atoms with Crippen molar-refractivity contribution in [3.8, 4) is 0 Å². The number of esters is 1. The zero-order valence-electron chi connectivity index (χ0n) is 7.13. The first kappa shape index (κ1) is 10.8. The molecule has 0 unspecified atom stereocenters. The molecule has 0 fully saturated rings. The SMILES string of the molecule is C=C(C)C(=O)OCCC(=O)CN. The highest BCUT2D eigenvalue weighted by molar-refractivity contribution is 5.87. The Hall–Kier alpha value is -1.16. The molecule has 2 N–H and O–H groups in total. The van der Waals surface area contributed by atoms with Crippen molar-refractivity contribution in [1.29, 1.82) is 0 Å². The summed E-state index contributed by atoms with van der Waals surface area (Å²) in [5.74, 6) is -0.593. The van der Waals surface area contributed by atoms with Crippen molar-refractivity contribution in [3.05, 3.63) is 12.2 Å². The lowest BCUT2D eigenvalue weighted by molar-refractivity contribution is -0.139. The average molecular weight is 171 g/mol. The van der Waals surface area contributed by atoms with Crippen LogP contribution in [0.3, 0.4) is 0 Å². The summed E-state index contributed by atoms with van der Waals surface area (Å²) in [7, 11) is 0. The second-order valence-corrected chi connectivity index (χ2v) is 2.41. The van der Waals surface area contributed by atoms with E-state index in [9.17, 15) is 9.59 Å². The number of hydrogen-bond donors (Lipinski definition) is 1. The van der Waals surface area contributed by atoms with E-state index >= 15 is 0 Å². The lowest BCUT2D eigenvalue weighted by atomic mass is 10.3. The maximum absolute atomic E-state index is 10.7. The molecule has 0 aromatic rings. The fourth-order valence-corrected chi connectivity index (χ4v) is 0.483. The molecule has 0 aliphatic rings. The van der Waals surface area contributed by atoms with Crippen LogP contribution in [0.25, 0.3) is 0 Å². The summed E-state index contributed by atoms with van der Waals surface area (Å²) in [5, 5.41) is 0. The molecular formula is C8H13NO3. The number of ether oxygens (including phenoxy) is 1. The van der Waals surface area contributed by atoms with Crippen LogP contribution < -0.4 is 5.73 Å². The van der Waals surface area contributed by atoms with E-state index in [-0.39, 0.29) is 25.4 Å². The molecule has 12 heavy (non-hydrogen) atoms. The lowest BCUT2D eigenvalue weighted by Crippen LogP contribution is -2.16. The third kappa shape index (κ3) is 4.62. The molecule has 0 saturated carbocycles. The van der Waals surface area contributed by atoms with Crippen LogP contribution in [0.1, 0.15) is 13.3 Å². The minimum absolute atomic E-state index is 0.00930. The van der Waals surface area contributed by atoms with Gasteiger partial charge in [-0.2, -0.15) is 0 Å². The zero-order chi connectivity index (χ0) is 9.56.